The van der Waals surface area contributed by atoms with E-state index in [9.17, 15) is 9.59 Å². The first kappa shape index (κ1) is 22.7. The highest BCUT2D eigenvalue weighted by molar-refractivity contribution is 6.00. The Morgan fingerprint density at radius 2 is 2.00 bits per heavy atom. The number of aryl methyl sites for hydroxylation is 1. The van der Waals surface area contributed by atoms with Gasteiger partial charge in [-0.15, -0.1) is 0 Å². The first-order chi connectivity index (χ1) is 14.6. The van der Waals surface area contributed by atoms with Crippen LogP contribution in [-0.4, -0.2) is 40.2 Å². The molecule has 166 valence electrons. The van der Waals surface area contributed by atoms with Gasteiger partial charge in [0, 0.05) is 24.5 Å². The lowest BCUT2D eigenvalue weighted by atomic mass is 9.97. The molecule has 0 saturated carbocycles. The maximum Gasteiger partial charge on any atom is 0.323 e. The first-order valence-electron chi connectivity index (χ1n) is 10.4. The predicted octanol–water partition coefficient (Wildman–Crippen LogP) is 3.41. The summed E-state index contributed by atoms with van der Waals surface area (Å²) in [6, 6.07) is 9.19. The van der Waals surface area contributed by atoms with Crippen molar-refractivity contribution >= 4 is 23.3 Å². The molecule has 8 heteroatoms. The van der Waals surface area contributed by atoms with E-state index in [-0.39, 0.29) is 18.7 Å². The van der Waals surface area contributed by atoms with Crippen molar-refractivity contribution in [2.24, 2.45) is 5.73 Å². The summed E-state index contributed by atoms with van der Waals surface area (Å²) in [4.78, 5) is 30.4. The minimum atomic E-state index is -0.396. The lowest BCUT2D eigenvalue weighted by Crippen LogP contribution is -2.46. The van der Waals surface area contributed by atoms with Crippen LogP contribution < -0.4 is 16.4 Å². The molecule has 1 aromatic carbocycles. The molecule has 0 bridgehead atoms. The quantitative estimate of drug-likeness (QED) is 0.657. The summed E-state index contributed by atoms with van der Waals surface area (Å²) in [5.41, 5.74) is 9.54. The highest BCUT2D eigenvalue weighted by atomic mass is 16.5. The predicted molar refractivity (Wildman–Crippen MR) is 121 cm³/mol. The Bertz CT molecular complexity index is 937. The Morgan fingerprint density at radius 1 is 1.23 bits per heavy atom. The number of pyridine rings is 1. The fraction of sp³-hybridized carbons (Fsp3) is 0.435. The molecular formula is C23H31N5O3. The summed E-state index contributed by atoms with van der Waals surface area (Å²) in [5, 5.41) is 5.75. The molecular weight excluding hydrogens is 394 g/mol. The second-order valence-electron chi connectivity index (χ2n) is 8.79. The Hall–Kier alpha value is -2.97. The SMILES string of the molecule is Cc1ccc(NC(=O)Nc2cccc3c2CCN(C(CC(N)=O)OC(C)(C)C)C3)cn1. The summed E-state index contributed by atoms with van der Waals surface area (Å²) in [6.45, 7) is 9.09. The zero-order valence-electron chi connectivity index (χ0n) is 18.6. The number of hydrogen-bond acceptors (Lipinski definition) is 5. The summed E-state index contributed by atoms with van der Waals surface area (Å²) in [6.07, 6.45) is 2.10. The molecule has 0 aliphatic carbocycles. The third kappa shape index (κ3) is 6.50. The van der Waals surface area contributed by atoms with E-state index in [0.717, 1.165) is 28.9 Å². The van der Waals surface area contributed by atoms with Gasteiger partial charge < -0.3 is 21.1 Å². The van der Waals surface area contributed by atoms with Crippen LogP contribution in [0.5, 0.6) is 0 Å². The van der Waals surface area contributed by atoms with Gasteiger partial charge in [-0.1, -0.05) is 12.1 Å². The van der Waals surface area contributed by atoms with Gasteiger partial charge in [0.15, 0.2) is 0 Å². The number of rotatable bonds is 6. The second kappa shape index (κ2) is 9.45. The van der Waals surface area contributed by atoms with Crippen LogP contribution in [-0.2, 0) is 22.5 Å². The topological polar surface area (TPSA) is 110 Å². The smallest absolute Gasteiger partial charge is 0.323 e. The van der Waals surface area contributed by atoms with Crippen LogP contribution in [0.2, 0.25) is 0 Å². The van der Waals surface area contributed by atoms with Crippen LogP contribution in [0.25, 0.3) is 0 Å². The van der Waals surface area contributed by atoms with Crippen LogP contribution in [0.4, 0.5) is 16.2 Å². The number of fused-ring (bicyclic) bond motifs is 1. The molecule has 8 nitrogen and oxygen atoms in total. The first-order valence-corrected chi connectivity index (χ1v) is 10.4. The number of aromatic nitrogens is 1. The molecule has 3 amide bonds. The minimum absolute atomic E-state index is 0.136. The van der Waals surface area contributed by atoms with Crippen LogP contribution in [0.15, 0.2) is 36.5 Å². The highest BCUT2D eigenvalue weighted by Gasteiger charge is 2.30. The zero-order valence-corrected chi connectivity index (χ0v) is 18.6. The monoisotopic (exact) mass is 425 g/mol. The van der Waals surface area contributed by atoms with Gasteiger partial charge in [-0.25, -0.2) is 4.79 Å². The van der Waals surface area contributed by atoms with Crippen LogP contribution in [0.3, 0.4) is 0 Å². The molecule has 1 aliphatic heterocycles. The molecule has 4 N–H and O–H groups in total. The van der Waals surface area contributed by atoms with Gasteiger partial charge in [0.2, 0.25) is 5.91 Å². The number of nitrogens with one attached hydrogen (secondary N) is 2. The fourth-order valence-corrected chi connectivity index (χ4v) is 3.65. The van der Waals surface area contributed by atoms with Gasteiger partial charge >= 0.3 is 6.03 Å². The van der Waals surface area contributed by atoms with Crippen molar-refractivity contribution in [3.8, 4) is 0 Å². The van der Waals surface area contributed by atoms with Crippen molar-refractivity contribution in [3.05, 3.63) is 53.3 Å². The van der Waals surface area contributed by atoms with Crippen molar-refractivity contribution in [1.29, 1.82) is 0 Å². The van der Waals surface area contributed by atoms with E-state index in [1.165, 1.54) is 0 Å². The number of ether oxygens (including phenoxy) is 1. The molecule has 2 aromatic rings. The molecule has 1 aromatic heterocycles. The number of nitrogens with zero attached hydrogens (tertiary/aromatic N) is 2. The summed E-state index contributed by atoms with van der Waals surface area (Å²) >= 11 is 0. The summed E-state index contributed by atoms with van der Waals surface area (Å²) in [7, 11) is 0. The maximum absolute atomic E-state index is 12.5. The van der Waals surface area contributed by atoms with Crippen molar-refractivity contribution < 1.29 is 14.3 Å². The molecule has 3 rings (SSSR count). The normalized spacial score (nSPS) is 15.1. The van der Waals surface area contributed by atoms with Gasteiger partial charge in [-0.05, 0) is 63.4 Å². The van der Waals surface area contributed by atoms with E-state index in [0.29, 0.717) is 18.8 Å². The van der Waals surface area contributed by atoms with E-state index < -0.39 is 11.5 Å². The Morgan fingerprint density at radius 3 is 2.65 bits per heavy atom. The Kier molecular flexibility index (Phi) is 6.92. The summed E-state index contributed by atoms with van der Waals surface area (Å²) in [5.74, 6) is -0.391. The molecule has 0 spiro atoms. The molecule has 2 heterocycles. The number of urea groups is 1. The number of benzene rings is 1. The standard InChI is InChI=1S/C23H31N5O3/c1-15-8-9-17(13-25-15)26-22(30)27-19-7-5-6-16-14-28(11-10-18(16)19)21(12-20(24)29)31-23(2,3)4/h5-9,13,21H,10-12,14H2,1-4H3,(H2,24,29)(H2,26,27,30). The van der Waals surface area contributed by atoms with Gasteiger partial charge in [0.05, 0.1) is 23.9 Å². The van der Waals surface area contributed by atoms with Crippen LogP contribution in [0, 0.1) is 6.92 Å². The zero-order chi connectivity index (χ0) is 22.6. The van der Waals surface area contributed by atoms with Crippen molar-refractivity contribution in [2.75, 3.05) is 17.2 Å². The van der Waals surface area contributed by atoms with E-state index in [4.69, 9.17) is 10.5 Å². The maximum atomic E-state index is 12.5. The van der Waals surface area contributed by atoms with Gasteiger partial charge in [0.25, 0.3) is 0 Å². The molecule has 1 unspecified atom stereocenters. The second-order valence-corrected chi connectivity index (χ2v) is 8.79. The third-order valence-electron chi connectivity index (χ3n) is 4.99. The third-order valence-corrected chi connectivity index (χ3v) is 4.99. The Labute approximate surface area is 183 Å². The van der Waals surface area contributed by atoms with Crippen LogP contribution >= 0.6 is 0 Å². The van der Waals surface area contributed by atoms with Crippen molar-refractivity contribution in [1.82, 2.24) is 9.88 Å². The molecule has 0 saturated heterocycles. The Balaban J connectivity index is 1.71. The number of amides is 3. The number of nitrogens with two attached hydrogens (primary N) is 1. The number of hydrogen-bond donors (Lipinski definition) is 3. The molecule has 1 atom stereocenters. The average molecular weight is 426 g/mol. The number of anilines is 2. The van der Waals surface area contributed by atoms with E-state index in [1.807, 2.05) is 58.0 Å². The number of carbonyl (C=O) groups excluding carboxylic acids is 2. The van der Waals surface area contributed by atoms with E-state index in [1.54, 1.807) is 6.20 Å². The molecule has 1 aliphatic rings. The highest BCUT2D eigenvalue weighted by Crippen LogP contribution is 2.29. The van der Waals surface area contributed by atoms with Crippen molar-refractivity contribution in [2.45, 2.75) is 58.9 Å². The van der Waals surface area contributed by atoms with Gasteiger partial charge in [-0.3, -0.25) is 14.7 Å². The fourth-order valence-electron chi connectivity index (χ4n) is 3.65. The van der Waals surface area contributed by atoms with Gasteiger partial charge in [0.1, 0.15) is 6.23 Å². The molecule has 0 fully saturated rings. The average Bonchev–Trinajstić information content (AvgIpc) is 2.67. The minimum Gasteiger partial charge on any atom is -0.370 e. The largest absolute Gasteiger partial charge is 0.370 e. The lowest BCUT2D eigenvalue weighted by Gasteiger charge is -2.38. The van der Waals surface area contributed by atoms with Crippen LogP contribution in [0.1, 0.15) is 44.0 Å². The van der Waals surface area contributed by atoms with E-state index >= 15 is 0 Å². The number of primary amides is 1. The van der Waals surface area contributed by atoms with E-state index in [2.05, 4.69) is 20.5 Å². The van der Waals surface area contributed by atoms with Crippen molar-refractivity contribution in [3.63, 3.8) is 0 Å². The lowest BCUT2D eigenvalue weighted by molar-refractivity contribution is -0.150. The number of carbonyl (C=O) groups is 2. The summed E-state index contributed by atoms with van der Waals surface area (Å²) < 4.78 is 6.11. The molecule has 0 radical (unpaired) electrons. The van der Waals surface area contributed by atoms with Gasteiger partial charge in [-0.2, -0.15) is 0 Å². The molecule has 31 heavy (non-hydrogen) atoms.